The number of aromatic nitrogens is 2. The third-order valence-electron chi connectivity index (χ3n) is 6.01. The molecule has 8 heteroatoms. The highest BCUT2D eigenvalue weighted by Gasteiger charge is 2.25. The molecule has 0 saturated carbocycles. The molecule has 2 N–H and O–H groups in total. The summed E-state index contributed by atoms with van der Waals surface area (Å²) in [6.45, 7) is 8.67. The van der Waals surface area contributed by atoms with Crippen LogP contribution in [0.25, 0.3) is 22.0 Å². The maximum absolute atomic E-state index is 10.2. The molecular formula is C27H33N5O3. The second-order valence-corrected chi connectivity index (χ2v) is 9.55. The minimum atomic E-state index is -0.723. The van der Waals surface area contributed by atoms with Crippen molar-refractivity contribution >= 4 is 16.6 Å². The fourth-order valence-corrected chi connectivity index (χ4v) is 4.56. The first kappa shape index (κ1) is 24.9. The maximum atomic E-state index is 10.2. The van der Waals surface area contributed by atoms with E-state index in [2.05, 4.69) is 26.5 Å². The Hall–Kier alpha value is -3.25. The molecule has 0 amide bonds. The lowest BCUT2D eigenvalue weighted by Gasteiger charge is -2.36. The summed E-state index contributed by atoms with van der Waals surface area (Å²) in [6.07, 6.45) is 2.09. The Kier molecular flexibility index (Phi) is 7.81. The second-order valence-electron chi connectivity index (χ2n) is 9.55. The van der Waals surface area contributed by atoms with Gasteiger partial charge in [0.1, 0.15) is 11.4 Å². The van der Waals surface area contributed by atoms with E-state index in [-0.39, 0.29) is 12.8 Å². The largest absolute Gasteiger partial charge is 0.467 e. The molecule has 0 unspecified atom stereocenters. The summed E-state index contributed by atoms with van der Waals surface area (Å²) in [6, 6.07) is 15.7. The first-order valence-electron chi connectivity index (χ1n) is 12.1. The van der Waals surface area contributed by atoms with Gasteiger partial charge in [-0.2, -0.15) is 5.26 Å². The van der Waals surface area contributed by atoms with Crippen LogP contribution in [0.15, 0.2) is 42.5 Å². The summed E-state index contributed by atoms with van der Waals surface area (Å²) >= 11 is 0. The molecule has 1 aromatic heterocycles. The molecule has 2 aromatic carbocycles. The van der Waals surface area contributed by atoms with Crippen molar-refractivity contribution in [3.8, 4) is 23.1 Å². The van der Waals surface area contributed by atoms with Gasteiger partial charge in [0.15, 0.2) is 12.6 Å². The van der Waals surface area contributed by atoms with Crippen molar-refractivity contribution in [3.63, 3.8) is 0 Å². The molecule has 1 saturated heterocycles. The number of nitrogens with one attached hydrogen (secondary N) is 1. The standard InChI is InChI=1S/C27H33N5O3/c1-4-34-18-35-24-14-19(15-28)11-12-23(24)25-21-9-5-6-10-22(21)26(31-30-25)29-20-8-7-13-32(16-20)17-27(2,3)33/h5-6,9-12,14,20,33H,4,7-8,13,16-18H2,1-3H3,(H,29,31)/t20-/m1/s1. The number of likely N-dealkylation sites (tertiary alicyclic amines) is 1. The van der Waals surface area contributed by atoms with Crippen LogP contribution in [0.1, 0.15) is 39.2 Å². The van der Waals surface area contributed by atoms with Gasteiger partial charge in [0, 0.05) is 42.1 Å². The average molecular weight is 476 g/mol. The number of hydrogen-bond acceptors (Lipinski definition) is 8. The van der Waals surface area contributed by atoms with Gasteiger partial charge in [0.2, 0.25) is 0 Å². The third-order valence-corrected chi connectivity index (χ3v) is 6.01. The zero-order valence-electron chi connectivity index (χ0n) is 20.6. The zero-order valence-corrected chi connectivity index (χ0v) is 20.6. The van der Waals surface area contributed by atoms with E-state index in [4.69, 9.17) is 9.47 Å². The number of β-amino-alcohol motifs (C(OH)–C–C–N with tert-alkyl or cyclic N) is 1. The number of fused-ring (bicyclic) bond motifs is 1. The van der Waals surface area contributed by atoms with E-state index in [0.29, 0.717) is 30.2 Å². The lowest BCUT2D eigenvalue weighted by molar-refractivity contribution is 0.0227. The lowest BCUT2D eigenvalue weighted by atomic mass is 10.0. The highest BCUT2D eigenvalue weighted by molar-refractivity contribution is 6.01. The number of ether oxygens (including phenoxy) is 2. The lowest BCUT2D eigenvalue weighted by Crippen LogP contribution is -2.47. The molecule has 184 valence electrons. The van der Waals surface area contributed by atoms with Gasteiger partial charge in [0.05, 0.1) is 17.2 Å². The predicted octanol–water partition coefficient (Wildman–Crippen LogP) is 4.19. The van der Waals surface area contributed by atoms with Crippen LogP contribution in [0.3, 0.4) is 0 Å². The number of benzene rings is 2. The van der Waals surface area contributed by atoms with Crippen LogP contribution in [0.2, 0.25) is 0 Å². The van der Waals surface area contributed by atoms with Crippen molar-refractivity contribution in [2.45, 2.75) is 45.3 Å². The molecule has 8 nitrogen and oxygen atoms in total. The molecule has 0 bridgehead atoms. The molecular weight excluding hydrogens is 442 g/mol. The Labute approximate surface area is 206 Å². The average Bonchev–Trinajstić information content (AvgIpc) is 2.84. The summed E-state index contributed by atoms with van der Waals surface area (Å²) in [5.74, 6) is 1.28. The molecule has 0 spiro atoms. The number of anilines is 1. The molecule has 0 radical (unpaired) electrons. The van der Waals surface area contributed by atoms with Gasteiger partial charge in [-0.15, -0.1) is 10.2 Å². The molecule has 3 aromatic rings. The molecule has 35 heavy (non-hydrogen) atoms. The van der Waals surface area contributed by atoms with Crippen molar-refractivity contribution in [3.05, 3.63) is 48.0 Å². The van der Waals surface area contributed by atoms with Crippen LogP contribution in [0.4, 0.5) is 5.82 Å². The summed E-state index contributed by atoms with van der Waals surface area (Å²) in [7, 11) is 0. The summed E-state index contributed by atoms with van der Waals surface area (Å²) < 4.78 is 11.2. The van der Waals surface area contributed by atoms with Gasteiger partial charge in [-0.25, -0.2) is 0 Å². The first-order valence-corrected chi connectivity index (χ1v) is 12.1. The summed E-state index contributed by atoms with van der Waals surface area (Å²) in [5, 5.41) is 34.3. The van der Waals surface area contributed by atoms with Crippen LogP contribution in [0.5, 0.6) is 5.75 Å². The molecule has 1 aliphatic heterocycles. The van der Waals surface area contributed by atoms with E-state index in [9.17, 15) is 10.4 Å². The maximum Gasteiger partial charge on any atom is 0.189 e. The van der Waals surface area contributed by atoms with Crippen molar-refractivity contribution in [1.82, 2.24) is 15.1 Å². The Balaban J connectivity index is 1.65. The summed E-state index contributed by atoms with van der Waals surface area (Å²) in [4.78, 5) is 2.30. The number of nitriles is 1. The van der Waals surface area contributed by atoms with Crippen LogP contribution < -0.4 is 10.1 Å². The van der Waals surface area contributed by atoms with Gasteiger partial charge in [-0.3, -0.25) is 4.90 Å². The van der Waals surface area contributed by atoms with Gasteiger partial charge in [0.25, 0.3) is 0 Å². The van der Waals surface area contributed by atoms with E-state index in [1.807, 2.05) is 51.1 Å². The van der Waals surface area contributed by atoms with Gasteiger partial charge >= 0.3 is 0 Å². The minimum absolute atomic E-state index is 0.0895. The van der Waals surface area contributed by atoms with Crippen molar-refractivity contribution < 1.29 is 14.6 Å². The van der Waals surface area contributed by atoms with Crippen molar-refractivity contribution in [2.75, 3.05) is 38.4 Å². The fourth-order valence-electron chi connectivity index (χ4n) is 4.56. The Morgan fingerprint density at radius 1 is 1.20 bits per heavy atom. The molecule has 0 aliphatic carbocycles. The third kappa shape index (κ3) is 6.25. The smallest absolute Gasteiger partial charge is 0.189 e. The fraction of sp³-hybridized carbons (Fsp3) is 0.444. The van der Waals surface area contributed by atoms with Gasteiger partial charge in [-0.1, -0.05) is 24.3 Å². The molecule has 1 atom stereocenters. The second kappa shape index (κ2) is 11.0. The van der Waals surface area contributed by atoms with Crippen LogP contribution in [-0.2, 0) is 4.74 Å². The van der Waals surface area contributed by atoms with E-state index in [0.717, 1.165) is 48.1 Å². The Bertz CT molecular complexity index is 1200. The van der Waals surface area contributed by atoms with Crippen LogP contribution >= 0.6 is 0 Å². The molecule has 1 fully saturated rings. The number of aliphatic hydroxyl groups is 1. The van der Waals surface area contributed by atoms with Crippen molar-refractivity contribution in [1.29, 1.82) is 5.26 Å². The Morgan fingerprint density at radius 3 is 2.74 bits per heavy atom. The van der Waals surface area contributed by atoms with E-state index < -0.39 is 5.60 Å². The normalized spacial score (nSPS) is 16.7. The zero-order chi connectivity index (χ0) is 24.8. The molecule has 2 heterocycles. The van der Waals surface area contributed by atoms with Gasteiger partial charge < -0.3 is 19.9 Å². The monoisotopic (exact) mass is 475 g/mol. The van der Waals surface area contributed by atoms with E-state index in [1.165, 1.54) is 0 Å². The minimum Gasteiger partial charge on any atom is -0.467 e. The number of hydrogen-bond donors (Lipinski definition) is 2. The first-order chi connectivity index (χ1) is 16.9. The summed E-state index contributed by atoms with van der Waals surface area (Å²) in [5.41, 5.74) is 1.23. The van der Waals surface area contributed by atoms with Crippen LogP contribution in [0, 0.1) is 11.3 Å². The van der Waals surface area contributed by atoms with Crippen LogP contribution in [-0.4, -0.2) is 64.9 Å². The molecule has 4 rings (SSSR count). The van der Waals surface area contributed by atoms with Gasteiger partial charge in [-0.05, 0) is 58.4 Å². The SMILES string of the molecule is CCOCOc1cc(C#N)ccc1-c1nnc(N[C@@H]2CCCN(CC(C)(C)O)C2)c2ccccc12. The number of rotatable bonds is 9. The highest BCUT2D eigenvalue weighted by atomic mass is 16.7. The highest BCUT2D eigenvalue weighted by Crippen LogP contribution is 2.36. The number of piperidine rings is 1. The molecule has 1 aliphatic rings. The number of nitrogens with zero attached hydrogens (tertiary/aromatic N) is 4. The quantitative estimate of drug-likeness (QED) is 0.351. The topological polar surface area (TPSA) is 104 Å². The predicted molar refractivity (Wildman–Crippen MR) is 136 cm³/mol. The van der Waals surface area contributed by atoms with E-state index >= 15 is 0 Å². The Morgan fingerprint density at radius 2 is 2.00 bits per heavy atom. The van der Waals surface area contributed by atoms with Crippen molar-refractivity contribution in [2.24, 2.45) is 0 Å². The van der Waals surface area contributed by atoms with E-state index in [1.54, 1.807) is 12.1 Å².